The zero-order chi connectivity index (χ0) is 34.4. The van der Waals surface area contributed by atoms with E-state index in [1.54, 1.807) is 26.0 Å². The second-order valence-electron chi connectivity index (χ2n) is 11.9. The van der Waals surface area contributed by atoms with Crippen LogP contribution in [-0.2, 0) is 14.3 Å². The monoisotopic (exact) mass is 673 g/mol. The predicted molar refractivity (Wildman–Crippen MR) is 194 cm³/mol. The van der Waals surface area contributed by atoms with Gasteiger partial charge in [-0.3, -0.25) is 4.90 Å². The van der Waals surface area contributed by atoms with Crippen LogP contribution in [0, 0.1) is 0 Å². The van der Waals surface area contributed by atoms with Gasteiger partial charge in [0.1, 0.15) is 24.1 Å². The van der Waals surface area contributed by atoms with Gasteiger partial charge in [-0.25, -0.2) is 9.59 Å². The van der Waals surface area contributed by atoms with Gasteiger partial charge in [0, 0.05) is 13.0 Å². The number of methoxy groups -OCH3 is 2. The number of thioether (sulfide) groups is 1. The number of carboxylic acid groups (broad SMARTS) is 1. The van der Waals surface area contributed by atoms with Crippen molar-refractivity contribution in [3.05, 3.63) is 155 Å². The molecule has 7 nitrogen and oxygen atoms in total. The molecule has 49 heavy (non-hydrogen) atoms. The first-order valence-electron chi connectivity index (χ1n) is 16.2. The number of hydrogen-bond donors (Lipinski definition) is 1. The molecule has 5 aromatic rings. The van der Waals surface area contributed by atoms with E-state index < -0.39 is 22.9 Å². The molecule has 1 N–H and O–H groups in total. The van der Waals surface area contributed by atoms with Gasteiger partial charge < -0.3 is 19.3 Å². The van der Waals surface area contributed by atoms with Crippen molar-refractivity contribution >= 4 is 23.8 Å². The molecule has 1 atom stereocenters. The lowest BCUT2D eigenvalue weighted by Gasteiger charge is -2.36. The smallest absolute Gasteiger partial charge is 0.410 e. The second kappa shape index (κ2) is 14.9. The van der Waals surface area contributed by atoms with Crippen LogP contribution in [0.4, 0.5) is 4.79 Å². The summed E-state index contributed by atoms with van der Waals surface area (Å²) in [6, 6.07) is 41.2. The van der Waals surface area contributed by atoms with Crippen LogP contribution in [0.25, 0.3) is 11.1 Å². The Hall–Kier alpha value is -5.21. The van der Waals surface area contributed by atoms with Gasteiger partial charge in [-0.2, -0.15) is 0 Å². The largest absolute Gasteiger partial charge is 0.497 e. The Balaban J connectivity index is 1.23. The van der Waals surface area contributed by atoms with E-state index in [1.807, 2.05) is 91.0 Å². The summed E-state index contributed by atoms with van der Waals surface area (Å²) in [5.74, 6) is 0.687. The first kappa shape index (κ1) is 33.7. The number of likely N-dealkylation sites (N-methyl/N-ethyl adjacent to an activating group) is 1. The minimum Gasteiger partial charge on any atom is -0.497 e. The van der Waals surface area contributed by atoms with Crippen LogP contribution in [-0.4, -0.2) is 61.7 Å². The number of hydrogen-bond acceptors (Lipinski definition) is 6. The quantitative estimate of drug-likeness (QED) is 0.126. The summed E-state index contributed by atoms with van der Waals surface area (Å²) in [7, 11) is 4.77. The van der Waals surface area contributed by atoms with Crippen molar-refractivity contribution < 1.29 is 28.9 Å². The highest BCUT2D eigenvalue weighted by molar-refractivity contribution is 8.00. The molecule has 6 rings (SSSR count). The molecule has 0 aliphatic heterocycles. The molecular weight excluding hydrogens is 635 g/mol. The fourth-order valence-electron chi connectivity index (χ4n) is 6.70. The molecule has 1 aliphatic rings. The maximum atomic E-state index is 13.4. The molecule has 0 saturated carbocycles. The molecule has 0 fully saturated rings. The van der Waals surface area contributed by atoms with Crippen LogP contribution >= 0.6 is 11.8 Å². The number of aliphatic carboxylic acids is 1. The first-order valence-corrected chi connectivity index (χ1v) is 17.1. The van der Waals surface area contributed by atoms with E-state index in [0.717, 1.165) is 50.4 Å². The van der Waals surface area contributed by atoms with Crippen molar-refractivity contribution in [2.45, 2.75) is 23.1 Å². The molecule has 1 aliphatic carbocycles. The van der Waals surface area contributed by atoms with E-state index in [2.05, 4.69) is 36.4 Å². The highest BCUT2D eigenvalue weighted by atomic mass is 32.2. The molecule has 0 radical (unpaired) electrons. The number of nitrogens with zero attached hydrogens (tertiary/aromatic N) is 1. The Labute approximate surface area is 291 Å². The third kappa shape index (κ3) is 6.74. The molecule has 0 spiro atoms. The molecule has 0 saturated heterocycles. The topological polar surface area (TPSA) is 85.3 Å². The van der Waals surface area contributed by atoms with Crippen molar-refractivity contribution in [3.63, 3.8) is 0 Å². The van der Waals surface area contributed by atoms with Crippen molar-refractivity contribution in [3.8, 4) is 22.6 Å². The Kier molecular flexibility index (Phi) is 10.3. The minimum atomic E-state index is -1.09. The Morgan fingerprint density at radius 2 is 1.18 bits per heavy atom. The first-order chi connectivity index (χ1) is 23.9. The Morgan fingerprint density at radius 1 is 0.714 bits per heavy atom. The SMILES string of the molecule is COc1ccc(C(SCC[C@H](C(=O)O)N(C)C(=O)OCC2c3ccccc3-c3ccccc32)(c2ccccc2)c2ccc(OC)cc2)cc1. The summed E-state index contributed by atoms with van der Waals surface area (Å²) in [5, 5.41) is 10.3. The number of fused-ring (bicyclic) bond motifs is 3. The van der Waals surface area contributed by atoms with E-state index >= 15 is 0 Å². The average Bonchev–Trinajstić information content (AvgIpc) is 3.47. The van der Waals surface area contributed by atoms with Gasteiger partial charge in [0.15, 0.2) is 0 Å². The molecule has 0 bridgehead atoms. The summed E-state index contributed by atoms with van der Waals surface area (Å²) in [6.45, 7) is 0.115. The van der Waals surface area contributed by atoms with Crippen molar-refractivity contribution in [1.82, 2.24) is 4.90 Å². The summed E-state index contributed by atoms with van der Waals surface area (Å²) < 4.78 is 16.0. The van der Waals surface area contributed by atoms with Gasteiger partial charge in [0.05, 0.1) is 19.0 Å². The molecule has 1 amide bonds. The van der Waals surface area contributed by atoms with Gasteiger partial charge in [-0.1, -0.05) is 103 Å². The van der Waals surface area contributed by atoms with Crippen LogP contribution in [0.3, 0.4) is 0 Å². The molecule has 250 valence electrons. The summed E-state index contributed by atoms with van der Waals surface area (Å²) in [4.78, 5) is 27.3. The third-order valence-electron chi connectivity index (χ3n) is 9.26. The van der Waals surface area contributed by atoms with Crippen molar-refractivity contribution in [2.75, 3.05) is 33.6 Å². The fraction of sp³-hybridized carbons (Fsp3) is 0.220. The van der Waals surface area contributed by atoms with E-state index in [9.17, 15) is 14.7 Å². The second-order valence-corrected chi connectivity index (χ2v) is 13.2. The van der Waals surface area contributed by atoms with Crippen molar-refractivity contribution in [2.24, 2.45) is 0 Å². The number of rotatable bonds is 13. The van der Waals surface area contributed by atoms with E-state index in [0.29, 0.717) is 5.75 Å². The lowest BCUT2D eigenvalue weighted by molar-refractivity contribution is -0.142. The van der Waals surface area contributed by atoms with E-state index in [4.69, 9.17) is 14.2 Å². The lowest BCUT2D eigenvalue weighted by atomic mass is 9.84. The number of benzene rings is 5. The summed E-state index contributed by atoms with van der Waals surface area (Å²) >= 11 is 1.62. The molecular formula is C41H39NO6S. The Bertz CT molecular complexity index is 1800. The standard InChI is InChI=1S/C41H39NO6S/c1-42(40(45)48-27-37-35-15-9-7-13-33(35)34-14-8-10-16-36(34)37)38(39(43)44)25-26-49-41(28-11-5-4-6-12-28,29-17-21-31(46-2)22-18-29)30-19-23-32(47-3)24-20-30/h4-24,37-38H,25-27H2,1-3H3,(H,43,44)/t38-/m1/s1. The molecule has 0 unspecified atom stereocenters. The normalized spacial score (nSPS) is 12.8. The van der Waals surface area contributed by atoms with Gasteiger partial charge in [0.2, 0.25) is 0 Å². The van der Waals surface area contributed by atoms with Gasteiger partial charge in [-0.05, 0) is 75.4 Å². The Morgan fingerprint density at radius 3 is 1.67 bits per heavy atom. The highest BCUT2D eigenvalue weighted by Gasteiger charge is 2.38. The molecule has 0 heterocycles. The summed E-state index contributed by atoms with van der Waals surface area (Å²) in [6.07, 6.45) is -0.472. The number of carbonyl (C=O) groups excluding carboxylic acids is 1. The van der Waals surface area contributed by atoms with Crippen molar-refractivity contribution in [1.29, 1.82) is 0 Å². The maximum Gasteiger partial charge on any atom is 0.410 e. The van der Waals surface area contributed by atoms with E-state index in [1.165, 1.54) is 11.9 Å². The highest BCUT2D eigenvalue weighted by Crippen LogP contribution is 2.49. The minimum absolute atomic E-state index is 0.115. The summed E-state index contributed by atoms with van der Waals surface area (Å²) in [5.41, 5.74) is 7.50. The average molecular weight is 674 g/mol. The zero-order valence-electron chi connectivity index (χ0n) is 27.7. The van der Waals surface area contributed by atoms with Crippen LogP contribution in [0.15, 0.2) is 127 Å². The van der Waals surface area contributed by atoms with Gasteiger partial charge >= 0.3 is 12.1 Å². The van der Waals surface area contributed by atoms with Crippen LogP contribution in [0.2, 0.25) is 0 Å². The molecule has 5 aromatic carbocycles. The van der Waals surface area contributed by atoms with Crippen LogP contribution < -0.4 is 9.47 Å². The molecule has 8 heteroatoms. The van der Waals surface area contributed by atoms with Crippen LogP contribution in [0.5, 0.6) is 11.5 Å². The van der Waals surface area contributed by atoms with Crippen LogP contribution in [0.1, 0.15) is 40.2 Å². The fourth-order valence-corrected chi connectivity index (χ4v) is 8.26. The zero-order valence-corrected chi connectivity index (χ0v) is 28.6. The number of amides is 1. The third-order valence-corrected chi connectivity index (χ3v) is 10.8. The predicted octanol–water partition coefficient (Wildman–Crippen LogP) is 8.45. The number of carboxylic acids is 1. The number of ether oxygens (including phenoxy) is 3. The van der Waals surface area contributed by atoms with Gasteiger partial charge in [0.25, 0.3) is 0 Å². The molecule has 0 aromatic heterocycles. The number of carbonyl (C=O) groups is 2. The van der Waals surface area contributed by atoms with E-state index in [-0.39, 0.29) is 18.9 Å². The van der Waals surface area contributed by atoms with Gasteiger partial charge in [-0.15, -0.1) is 11.8 Å². The lowest BCUT2D eigenvalue weighted by Crippen LogP contribution is -2.43. The maximum absolute atomic E-state index is 13.4.